The van der Waals surface area contributed by atoms with E-state index in [4.69, 9.17) is 18.9 Å². The molecule has 0 saturated heterocycles. The molecule has 0 aliphatic carbocycles. The van der Waals surface area contributed by atoms with Crippen LogP contribution in [0.3, 0.4) is 0 Å². The Hall–Kier alpha value is -5.02. The first-order valence-electron chi connectivity index (χ1n) is 10.2. The molecule has 2 aromatic carbocycles. The number of benzene rings is 2. The van der Waals surface area contributed by atoms with Gasteiger partial charge in [0.25, 0.3) is 0 Å². The highest BCUT2D eigenvalue weighted by Crippen LogP contribution is 2.31. The normalized spacial score (nSPS) is 11.0. The van der Waals surface area contributed by atoms with Crippen molar-refractivity contribution in [3.05, 3.63) is 104 Å². The van der Waals surface area contributed by atoms with E-state index in [9.17, 15) is 24.3 Å². The summed E-state index contributed by atoms with van der Waals surface area (Å²) in [6, 6.07) is 8.27. The number of carbonyl (C=O) groups excluding carboxylic acids is 4. The van der Waals surface area contributed by atoms with Crippen LogP contribution >= 0.6 is 0 Å². The second-order valence-corrected chi connectivity index (χ2v) is 6.69. The number of aliphatic hydroxyl groups excluding tert-OH is 1. The van der Waals surface area contributed by atoms with E-state index < -0.39 is 30.0 Å². The van der Waals surface area contributed by atoms with Crippen molar-refractivity contribution in [2.45, 2.75) is 6.29 Å². The first kappa shape index (κ1) is 27.2. The molecule has 0 aromatic heterocycles. The molecule has 36 heavy (non-hydrogen) atoms. The van der Waals surface area contributed by atoms with E-state index in [-0.39, 0.29) is 28.6 Å². The van der Waals surface area contributed by atoms with E-state index in [1.165, 1.54) is 42.5 Å². The number of carbonyl (C=O) groups is 4. The van der Waals surface area contributed by atoms with Gasteiger partial charge in [0.05, 0.1) is 0 Å². The fourth-order valence-electron chi connectivity index (χ4n) is 2.53. The Morgan fingerprint density at radius 1 is 0.722 bits per heavy atom. The van der Waals surface area contributed by atoms with E-state index in [0.717, 1.165) is 24.3 Å². The van der Waals surface area contributed by atoms with Crippen molar-refractivity contribution in [3.63, 3.8) is 0 Å². The number of esters is 3. The summed E-state index contributed by atoms with van der Waals surface area (Å²) in [4.78, 5) is 47.6. The molecule has 0 radical (unpaired) electrons. The monoisotopic (exact) mass is 490 g/mol. The molecule has 1 unspecified atom stereocenters. The van der Waals surface area contributed by atoms with Crippen molar-refractivity contribution in [1.82, 2.24) is 0 Å². The van der Waals surface area contributed by atoms with Crippen LogP contribution in [0.5, 0.6) is 23.0 Å². The molecule has 184 valence electrons. The second kappa shape index (κ2) is 13.0. The highest BCUT2D eigenvalue weighted by Gasteiger charge is 2.15. The number of allylic oxidation sites excluding steroid dienone is 1. The molecule has 1 atom stereocenters. The second-order valence-electron chi connectivity index (χ2n) is 6.69. The van der Waals surface area contributed by atoms with Gasteiger partial charge >= 0.3 is 17.9 Å². The quantitative estimate of drug-likeness (QED) is 0.118. The minimum absolute atomic E-state index is 0.0255. The van der Waals surface area contributed by atoms with E-state index in [0.29, 0.717) is 5.56 Å². The van der Waals surface area contributed by atoms with Crippen molar-refractivity contribution in [1.29, 1.82) is 0 Å². The maximum absolute atomic E-state index is 12.7. The van der Waals surface area contributed by atoms with Gasteiger partial charge in [0.1, 0.15) is 0 Å². The van der Waals surface area contributed by atoms with Crippen LogP contribution in [-0.2, 0) is 14.4 Å². The van der Waals surface area contributed by atoms with E-state index >= 15 is 0 Å². The van der Waals surface area contributed by atoms with Gasteiger partial charge in [-0.2, -0.15) is 0 Å². The average molecular weight is 490 g/mol. The van der Waals surface area contributed by atoms with Crippen molar-refractivity contribution in [2.75, 3.05) is 0 Å². The van der Waals surface area contributed by atoms with Gasteiger partial charge in [-0.15, -0.1) is 0 Å². The lowest BCUT2D eigenvalue weighted by molar-refractivity contribution is -0.131. The van der Waals surface area contributed by atoms with E-state index in [1.807, 2.05) is 0 Å². The van der Waals surface area contributed by atoms with Gasteiger partial charge in [-0.1, -0.05) is 38.5 Å². The molecule has 0 bridgehead atoms. The minimum Gasteiger partial charge on any atom is -0.458 e. The number of aliphatic hydroxyl groups is 1. The molecular weight excluding hydrogens is 468 g/mol. The van der Waals surface area contributed by atoms with Gasteiger partial charge in [0, 0.05) is 23.8 Å². The lowest BCUT2D eigenvalue weighted by atomic mass is 10.1. The number of hydrogen-bond acceptors (Lipinski definition) is 9. The molecule has 0 fully saturated rings. The van der Waals surface area contributed by atoms with Gasteiger partial charge < -0.3 is 24.1 Å². The molecule has 2 rings (SSSR count). The van der Waals surface area contributed by atoms with Crippen molar-refractivity contribution in [3.8, 4) is 23.0 Å². The van der Waals surface area contributed by atoms with Crippen LogP contribution in [0.25, 0.3) is 6.08 Å². The van der Waals surface area contributed by atoms with E-state index in [2.05, 4.69) is 26.3 Å². The Morgan fingerprint density at radius 2 is 1.25 bits per heavy atom. The van der Waals surface area contributed by atoms with Gasteiger partial charge in [0.15, 0.2) is 28.8 Å². The highest BCUT2D eigenvalue weighted by molar-refractivity contribution is 6.07. The smallest absolute Gasteiger partial charge is 0.335 e. The highest BCUT2D eigenvalue weighted by atomic mass is 16.6. The topological polar surface area (TPSA) is 125 Å². The first-order valence-corrected chi connectivity index (χ1v) is 10.2. The summed E-state index contributed by atoms with van der Waals surface area (Å²) in [5.41, 5.74) is 0.564. The molecule has 0 heterocycles. The minimum atomic E-state index is -1.34. The van der Waals surface area contributed by atoms with Crippen LogP contribution in [0.4, 0.5) is 0 Å². The Morgan fingerprint density at radius 3 is 1.81 bits per heavy atom. The molecule has 0 amide bonds. The number of hydrogen-bond donors (Lipinski definition) is 1. The number of ketones is 1. The Labute approximate surface area is 206 Å². The molecule has 0 aliphatic rings. The van der Waals surface area contributed by atoms with Crippen LogP contribution in [0.1, 0.15) is 15.9 Å². The summed E-state index contributed by atoms with van der Waals surface area (Å²) in [6.07, 6.45) is 5.23. The fraction of sp³-hybridized carbons (Fsp3) is 0.0370. The summed E-state index contributed by atoms with van der Waals surface area (Å²) in [7, 11) is 0. The van der Waals surface area contributed by atoms with Crippen LogP contribution < -0.4 is 18.9 Å². The fourth-order valence-corrected chi connectivity index (χ4v) is 2.53. The van der Waals surface area contributed by atoms with E-state index in [1.54, 1.807) is 6.07 Å². The number of ether oxygens (including phenoxy) is 4. The van der Waals surface area contributed by atoms with Crippen LogP contribution in [0, 0.1) is 0 Å². The number of rotatable bonds is 12. The third kappa shape index (κ3) is 7.79. The maximum Gasteiger partial charge on any atom is 0.335 e. The molecule has 9 heteroatoms. The zero-order chi connectivity index (χ0) is 26.7. The molecule has 9 nitrogen and oxygen atoms in total. The standard InChI is InChI=1S/C27H22O9/c1-5-24(29)33-20-13-10-17(15-22(20)35-26(31)7-3)9-12-19(28)18-11-14-21(34-25(30)6-2)23(16-18)36-27(32)8-4/h5-16,24,29H,1-4H2/b12-9+. The van der Waals surface area contributed by atoms with Gasteiger partial charge in [-0.3, -0.25) is 4.79 Å². The largest absolute Gasteiger partial charge is 0.458 e. The summed E-state index contributed by atoms with van der Waals surface area (Å²) in [6.45, 7) is 13.3. The maximum atomic E-state index is 12.7. The Balaban J connectivity index is 2.34. The Kier molecular flexibility index (Phi) is 9.84. The zero-order valence-electron chi connectivity index (χ0n) is 19.0. The summed E-state index contributed by atoms with van der Waals surface area (Å²) >= 11 is 0. The van der Waals surface area contributed by atoms with Gasteiger partial charge in [-0.25, -0.2) is 14.4 Å². The molecule has 0 spiro atoms. The zero-order valence-corrected chi connectivity index (χ0v) is 19.0. The summed E-state index contributed by atoms with van der Waals surface area (Å²) in [5, 5.41) is 9.64. The van der Waals surface area contributed by atoms with Crippen LogP contribution in [0.15, 0.2) is 93.1 Å². The summed E-state index contributed by atoms with van der Waals surface area (Å²) < 4.78 is 20.5. The van der Waals surface area contributed by atoms with Crippen molar-refractivity contribution >= 4 is 29.8 Å². The molecular formula is C27H22O9. The lowest BCUT2D eigenvalue weighted by Gasteiger charge is -2.13. The van der Waals surface area contributed by atoms with Crippen molar-refractivity contribution in [2.24, 2.45) is 0 Å². The molecule has 0 aliphatic heterocycles. The third-order valence-corrected chi connectivity index (χ3v) is 4.20. The molecule has 0 saturated carbocycles. The summed E-state index contributed by atoms with van der Waals surface area (Å²) in [5.74, 6) is -3.09. The average Bonchev–Trinajstić information content (AvgIpc) is 2.88. The lowest BCUT2D eigenvalue weighted by Crippen LogP contribution is -2.13. The first-order chi connectivity index (χ1) is 17.2. The van der Waals surface area contributed by atoms with Gasteiger partial charge in [-0.05, 0) is 48.0 Å². The predicted molar refractivity (Wildman–Crippen MR) is 131 cm³/mol. The van der Waals surface area contributed by atoms with Crippen molar-refractivity contribution < 1.29 is 43.2 Å². The molecule has 2 aromatic rings. The molecule has 1 N–H and O–H groups in total. The SMILES string of the molecule is C=CC(=O)Oc1ccc(C(=O)/C=C/c2ccc(OC(O)C=C)c(OC(=O)C=C)c2)cc1OC(=O)C=C. The van der Waals surface area contributed by atoms with Crippen LogP contribution in [-0.4, -0.2) is 35.1 Å². The predicted octanol–water partition coefficient (Wildman–Crippen LogP) is 3.74. The third-order valence-electron chi connectivity index (χ3n) is 4.20. The van der Waals surface area contributed by atoms with Gasteiger partial charge in [0.2, 0.25) is 6.29 Å². The van der Waals surface area contributed by atoms with Crippen LogP contribution in [0.2, 0.25) is 0 Å². The Bertz CT molecular complexity index is 1250.